The molecular formula is C27H38N4O4. The number of anilines is 1. The standard InChI is InChI=1S/C27H38N4O4/c1-2-3-4-13-25(32)35-21(20-31-26(33)22-10-5-6-11-23(22)27(31)34)19-29-15-9-16-30(18-17-29)24-12-7-8-14-28-24/h5-8,12,14,21-23H,2-4,9-11,13,15-20H2,1H3/t21?,22-,23+. The molecule has 0 saturated carbocycles. The summed E-state index contributed by atoms with van der Waals surface area (Å²) in [4.78, 5) is 49.1. The average Bonchev–Trinajstić information content (AvgIpc) is 3.01. The van der Waals surface area contributed by atoms with Gasteiger partial charge in [0.2, 0.25) is 11.8 Å². The van der Waals surface area contributed by atoms with E-state index in [-0.39, 0.29) is 36.2 Å². The van der Waals surface area contributed by atoms with E-state index in [0.29, 0.717) is 25.8 Å². The Morgan fingerprint density at radius 2 is 1.80 bits per heavy atom. The fraction of sp³-hybridized carbons (Fsp3) is 0.630. The van der Waals surface area contributed by atoms with Crippen molar-refractivity contribution in [3.05, 3.63) is 36.5 Å². The van der Waals surface area contributed by atoms with E-state index >= 15 is 0 Å². The van der Waals surface area contributed by atoms with Crippen LogP contribution in [0.15, 0.2) is 36.5 Å². The van der Waals surface area contributed by atoms with Gasteiger partial charge in [0.15, 0.2) is 0 Å². The molecule has 190 valence electrons. The van der Waals surface area contributed by atoms with Gasteiger partial charge in [0.1, 0.15) is 11.9 Å². The van der Waals surface area contributed by atoms with Crippen molar-refractivity contribution in [1.82, 2.24) is 14.8 Å². The number of likely N-dealkylation sites (tertiary alicyclic amines) is 1. The largest absolute Gasteiger partial charge is 0.459 e. The van der Waals surface area contributed by atoms with Crippen LogP contribution in [0, 0.1) is 11.8 Å². The van der Waals surface area contributed by atoms with Crippen molar-refractivity contribution in [3.63, 3.8) is 0 Å². The Balaban J connectivity index is 1.40. The van der Waals surface area contributed by atoms with E-state index in [0.717, 1.165) is 57.7 Å². The van der Waals surface area contributed by atoms with Gasteiger partial charge in [-0.25, -0.2) is 4.98 Å². The fourth-order valence-corrected chi connectivity index (χ4v) is 5.36. The first-order valence-corrected chi connectivity index (χ1v) is 13.1. The number of carbonyl (C=O) groups is 3. The van der Waals surface area contributed by atoms with Crippen molar-refractivity contribution in [1.29, 1.82) is 0 Å². The first-order valence-electron chi connectivity index (χ1n) is 13.1. The maximum atomic E-state index is 13.0. The van der Waals surface area contributed by atoms with Crippen LogP contribution in [-0.4, -0.2) is 77.9 Å². The van der Waals surface area contributed by atoms with Crippen molar-refractivity contribution in [2.75, 3.05) is 44.2 Å². The minimum atomic E-state index is -0.522. The highest BCUT2D eigenvalue weighted by Crippen LogP contribution is 2.35. The van der Waals surface area contributed by atoms with Crippen LogP contribution in [-0.2, 0) is 19.1 Å². The Bertz CT molecular complexity index is 880. The molecule has 1 aromatic heterocycles. The van der Waals surface area contributed by atoms with Gasteiger partial charge in [0.05, 0.1) is 18.4 Å². The highest BCUT2D eigenvalue weighted by atomic mass is 16.5. The van der Waals surface area contributed by atoms with Crippen LogP contribution < -0.4 is 4.90 Å². The third kappa shape index (κ3) is 6.48. The third-order valence-electron chi connectivity index (χ3n) is 7.29. The molecule has 0 bridgehead atoms. The zero-order valence-electron chi connectivity index (χ0n) is 20.8. The highest BCUT2D eigenvalue weighted by molar-refractivity contribution is 6.05. The van der Waals surface area contributed by atoms with Crippen LogP contribution in [0.2, 0.25) is 0 Å². The summed E-state index contributed by atoms with van der Waals surface area (Å²) in [6.45, 7) is 6.16. The van der Waals surface area contributed by atoms with Crippen molar-refractivity contribution >= 4 is 23.6 Å². The van der Waals surface area contributed by atoms with Crippen LogP contribution in [0.4, 0.5) is 5.82 Å². The lowest BCUT2D eigenvalue weighted by Crippen LogP contribution is -2.46. The molecule has 0 N–H and O–H groups in total. The van der Waals surface area contributed by atoms with Gasteiger partial charge in [-0.1, -0.05) is 38.0 Å². The molecule has 4 rings (SSSR count). The summed E-state index contributed by atoms with van der Waals surface area (Å²) in [6.07, 6.45) is 10.6. The van der Waals surface area contributed by atoms with Crippen molar-refractivity contribution in [2.45, 2.75) is 58.0 Å². The van der Waals surface area contributed by atoms with Gasteiger partial charge in [-0.2, -0.15) is 0 Å². The number of nitrogens with zero attached hydrogens (tertiary/aromatic N) is 4. The molecule has 2 amide bonds. The van der Waals surface area contributed by atoms with Crippen molar-refractivity contribution in [2.24, 2.45) is 11.8 Å². The van der Waals surface area contributed by atoms with Crippen LogP contribution >= 0.6 is 0 Å². The third-order valence-corrected chi connectivity index (χ3v) is 7.29. The lowest BCUT2D eigenvalue weighted by Gasteiger charge is -2.29. The molecule has 1 aliphatic carbocycles. The quantitative estimate of drug-likeness (QED) is 0.219. The second kappa shape index (κ2) is 12.3. The van der Waals surface area contributed by atoms with Crippen molar-refractivity contribution in [3.8, 4) is 0 Å². The van der Waals surface area contributed by atoms with E-state index in [9.17, 15) is 14.4 Å². The van der Waals surface area contributed by atoms with E-state index in [1.807, 2.05) is 36.5 Å². The maximum Gasteiger partial charge on any atom is 0.306 e. The van der Waals surface area contributed by atoms with E-state index < -0.39 is 6.10 Å². The zero-order chi connectivity index (χ0) is 24.6. The molecule has 0 radical (unpaired) electrons. The highest BCUT2D eigenvalue weighted by Gasteiger charge is 2.48. The maximum absolute atomic E-state index is 13.0. The minimum Gasteiger partial charge on any atom is -0.459 e. The van der Waals surface area contributed by atoms with Gasteiger partial charge in [0, 0.05) is 45.3 Å². The molecule has 3 aliphatic rings. The first kappa shape index (κ1) is 25.4. The Hall–Kier alpha value is -2.74. The zero-order valence-corrected chi connectivity index (χ0v) is 20.8. The lowest BCUT2D eigenvalue weighted by atomic mass is 9.85. The summed E-state index contributed by atoms with van der Waals surface area (Å²) in [7, 11) is 0. The molecule has 1 unspecified atom stereocenters. The predicted molar refractivity (Wildman–Crippen MR) is 134 cm³/mol. The number of hydrogen-bond acceptors (Lipinski definition) is 7. The number of imide groups is 1. The molecule has 3 heterocycles. The van der Waals surface area contributed by atoms with E-state index in [1.165, 1.54) is 4.90 Å². The van der Waals surface area contributed by atoms with E-state index in [2.05, 4.69) is 21.7 Å². The van der Waals surface area contributed by atoms with Crippen LogP contribution in [0.3, 0.4) is 0 Å². The van der Waals surface area contributed by atoms with Crippen LogP contribution in [0.5, 0.6) is 0 Å². The van der Waals surface area contributed by atoms with Gasteiger partial charge >= 0.3 is 5.97 Å². The molecule has 0 aromatic carbocycles. The number of rotatable bonds is 10. The van der Waals surface area contributed by atoms with Gasteiger partial charge in [-0.05, 0) is 37.8 Å². The number of carbonyl (C=O) groups excluding carboxylic acids is 3. The van der Waals surface area contributed by atoms with Gasteiger partial charge in [-0.3, -0.25) is 24.2 Å². The molecule has 3 atom stereocenters. The van der Waals surface area contributed by atoms with E-state index in [1.54, 1.807) is 0 Å². The van der Waals surface area contributed by atoms with Crippen molar-refractivity contribution < 1.29 is 19.1 Å². The number of unbranched alkanes of at least 4 members (excludes halogenated alkanes) is 2. The summed E-state index contributed by atoms with van der Waals surface area (Å²) in [6, 6.07) is 5.94. The molecule has 0 spiro atoms. The first-order chi connectivity index (χ1) is 17.1. The molecule has 35 heavy (non-hydrogen) atoms. The summed E-state index contributed by atoms with van der Waals surface area (Å²) >= 11 is 0. The number of fused-ring (bicyclic) bond motifs is 1. The fourth-order valence-electron chi connectivity index (χ4n) is 5.36. The number of aromatic nitrogens is 1. The van der Waals surface area contributed by atoms with Gasteiger partial charge in [-0.15, -0.1) is 0 Å². The van der Waals surface area contributed by atoms with Gasteiger partial charge in [0.25, 0.3) is 0 Å². The Morgan fingerprint density at radius 3 is 2.49 bits per heavy atom. The summed E-state index contributed by atoms with van der Waals surface area (Å²) in [5.74, 6) is -0.0384. The Kier molecular flexibility index (Phi) is 8.90. The number of pyridine rings is 1. The number of amides is 2. The number of esters is 1. The molecule has 1 aromatic rings. The van der Waals surface area contributed by atoms with Gasteiger partial charge < -0.3 is 9.64 Å². The lowest BCUT2D eigenvalue weighted by molar-refractivity contribution is -0.155. The normalized spacial score (nSPS) is 23.8. The molecule has 2 aliphatic heterocycles. The molecule has 2 fully saturated rings. The summed E-state index contributed by atoms with van der Waals surface area (Å²) < 4.78 is 5.90. The smallest absolute Gasteiger partial charge is 0.306 e. The van der Waals surface area contributed by atoms with Crippen LogP contribution in [0.1, 0.15) is 51.9 Å². The second-order valence-corrected chi connectivity index (χ2v) is 9.84. The molecular weight excluding hydrogens is 444 g/mol. The SMILES string of the molecule is CCCCCC(=O)OC(CN1CCCN(c2ccccn2)CC1)CN1C(=O)[C@H]2CC=CC[C@H]2C1=O. The Morgan fingerprint density at radius 1 is 1.03 bits per heavy atom. The minimum absolute atomic E-state index is 0.117. The van der Waals surface area contributed by atoms with Crippen LogP contribution in [0.25, 0.3) is 0 Å². The number of hydrogen-bond donors (Lipinski definition) is 0. The molecule has 8 heteroatoms. The topological polar surface area (TPSA) is 83.1 Å². The average molecular weight is 483 g/mol. The second-order valence-electron chi connectivity index (χ2n) is 9.84. The monoisotopic (exact) mass is 482 g/mol. The summed E-state index contributed by atoms with van der Waals surface area (Å²) in [5, 5.41) is 0. The summed E-state index contributed by atoms with van der Waals surface area (Å²) in [5.41, 5.74) is 0. The van der Waals surface area contributed by atoms with E-state index in [4.69, 9.17) is 4.74 Å². The number of ether oxygens (including phenoxy) is 1. The molecule has 2 saturated heterocycles. The molecule has 8 nitrogen and oxygen atoms in total. The number of allylic oxidation sites excluding steroid dienone is 2. The Labute approximate surface area is 208 Å². The predicted octanol–water partition coefficient (Wildman–Crippen LogP) is 3.04.